The zero-order chi connectivity index (χ0) is 17.4. The van der Waals surface area contributed by atoms with Crippen LogP contribution in [0.3, 0.4) is 0 Å². The molecule has 0 radical (unpaired) electrons. The topological polar surface area (TPSA) is 63.4 Å². The normalized spacial score (nSPS) is 12.9. The molecule has 0 saturated heterocycles. The molecule has 1 aromatic carbocycles. The van der Waals surface area contributed by atoms with E-state index in [-0.39, 0.29) is 17.2 Å². The van der Waals surface area contributed by atoms with Gasteiger partial charge in [0.15, 0.2) is 10.8 Å². The lowest BCUT2D eigenvalue weighted by Crippen LogP contribution is -2.38. The Morgan fingerprint density at radius 2 is 1.92 bits per heavy atom. The van der Waals surface area contributed by atoms with Gasteiger partial charge in [0.05, 0.1) is 10.8 Å². The largest absolute Gasteiger partial charge is 0.342 e. The van der Waals surface area contributed by atoms with Gasteiger partial charge in [-0.1, -0.05) is 23.9 Å². The lowest BCUT2D eigenvalue weighted by molar-refractivity contribution is -0.130. The fourth-order valence-corrected chi connectivity index (χ4v) is 3.42. The molecule has 2 aromatic heterocycles. The third kappa shape index (κ3) is 2.96. The minimum Gasteiger partial charge on any atom is -0.342 e. The number of aryl methyl sites for hydroxylation is 1. The number of rotatable bonds is 4. The number of amides is 1. The van der Waals surface area contributed by atoms with Crippen LogP contribution in [0.25, 0.3) is 16.6 Å². The van der Waals surface area contributed by atoms with Crippen molar-refractivity contribution < 1.29 is 4.79 Å². The van der Waals surface area contributed by atoms with Crippen LogP contribution in [0.5, 0.6) is 0 Å². The fraction of sp³-hybridized carbons (Fsp3) is 0.412. The van der Waals surface area contributed by atoms with Crippen molar-refractivity contribution in [3.05, 3.63) is 30.1 Å². The molecular formula is C17H21N5OS. The maximum atomic E-state index is 12.5. The van der Waals surface area contributed by atoms with Crippen LogP contribution in [-0.4, -0.2) is 48.7 Å². The number of hydrogen-bond acceptors (Lipinski definition) is 5. The monoisotopic (exact) mass is 343 g/mol. The molecule has 0 bridgehead atoms. The lowest BCUT2D eigenvalue weighted by Gasteiger charge is -2.24. The molecule has 0 aliphatic heterocycles. The molecule has 1 unspecified atom stereocenters. The molecule has 7 heteroatoms. The van der Waals surface area contributed by atoms with Gasteiger partial charge in [0.25, 0.3) is 0 Å². The van der Waals surface area contributed by atoms with Gasteiger partial charge in [-0.15, -0.1) is 5.10 Å². The molecule has 0 saturated carbocycles. The highest BCUT2D eigenvalue weighted by Crippen LogP contribution is 2.27. The Labute approximate surface area is 145 Å². The van der Waals surface area contributed by atoms with Crippen molar-refractivity contribution in [2.45, 2.75) is 44.1 Å². The van der Waals surface area contributed by atoms with Crippen LogP contribution in [0.1, 0.15) is 26.6 Å². The summed E-state index contributed by atoms with van der Waals surface area (Å²) < 4.78 is 1.74. The maximum absolute atomic E-state index is 12.5. The number of para-hydroxylation sites is 1. The van der Waals surface area contributed by atoms with Gasteiger partial charge in [-0.25, -0.2) is 9.97 Å². The van der Waals surface area contributed by atoms with Crippen molar-refractivity contribution in [3.63, 3.8) is 0 Å². The summed E-state index contributed by atoms with van der Waals surface area (Å²) in [4.78, 5) is 23.5. The van der Waals surface area contributed by atoms with Crippen LogP contribution in [0.15, 0.2) is 29.4 Å². The van der Waals surface area contributed by atoms with E-state index in [2.05, 4.69) is 10.1 Å². The van der Waals surface area contributed by atoms with Gasteiger partial charge in [-0.3, -0.25) is 4.79 Å². The predicted octanol–water partition coefficient (Wildman–Crippen LogP) is 2.93. The summed E-state index contributed by atoms with van der Waals surface area (Å²) in [6.45, 7) is 7.76. The third-order valence-electron chi connectivity index (χ3n) is 4.01. The average Bonchev–Trinajstić information content (AvgIpc) is 2.95. The SMILES string of the molecule is Cc1nc2c3ccccc3nc(SC(C)C(=O)N(C)C(C)C)n2n1. The smallest absolute Gasteiger partial charge is 0.235 e. The van der Waals surface area contributed by atoms with Crippen LogP contribution < -0.4 is 0 Å². The van der Waals surface area contributed by atoms with Gasteiger partial charge >= 0.3 is 0 Å². The van der Waals surface area contributed by atoms with Gasteiger partial charge in [-0.05, 0) is 39.8 Å². The number of nitrogens with zero attached hydrogens (tertiary/aromatic N) is 5. The second-order valence-corrected chi connectivity index (χ2v) is 7.42. The summed E-state index contributed by atoms with van der Waals surface area (Å²) in [6, 6.07) is 8.02. The summed E-state index contributed by atoms with van der Waals surface area (Å²) in [5.74, 6) is 0.767. The minimum atomic E-state index is -0.251. The lowest BCUT2D eigenvalue weighted by atomic mass is 10.2. The number of thioether (sulfide) groups is 1. The zero-order valence-corrected chi connectivity index (χ0v) is 15.3. The summed E-state index contributed by atoms with van der Waals surface area (Å²) in [5.41, 5.74) is 1.63. The Bertz CT molecular complexity index is 905. The molecule has 6 nitrogen and oxygen atoms in total. The van der Waals surface area contributed by atoms with Gasteiger partial charge in [-0.2, -0.15) is 4.52 Å². The van der Waals surface area contributed by atoms with E-state index in [4.69, 9.17) is 4.98 Å². The van der Waals surface area contributed by atoms with E-state index in [0.29, 0.717) is 11.0 Å². The van der Waals surface area contributed by atoms with Crippen molar-refractivity contribution >= 4 is 34.2 Å². The Morgan fingerprint density at radius 1 is 1.21 bits per heavy atom. The molecule has 1 amide bonds. The first-order valence-corrected chi connectivity index (χ1v) is 8.82. The molecule has 0 fully saturated rings. The first-order chi connectivity index (χ1) is 11.4. The highest BCUT2D eigenvalue weighted by molar-refractivity contribution is 8.00. The van der Waals surface area contributed by atoms with Crippen molar-refractivity contribution in [1.82, 2.24) is 24.5 Å². The highest BCUT2D eigenvalue weighted by Gasteiger charge is 2.23. The quantitative estimate of drug-likeness (QED) is 0.538. The molecule has 0 aliphatic rings. The second-order valence-electron chi connectivity index (χ2n) is 6.11. The van der Waals surface area contributed by atoms with Gasteiger partial charge in [0, 0.05) is 18.5 Å². The predicted molar refractivity (Wildman–Crippen MR) is 96.3 cm³/mol. The molecule has 24 heavy (non-hydrogen) atoms. The summed E-state index contributed by atoms with van der Waals surface area (Å²) in [7, 11) is 1.83. The Kier molecular flexibility index (Phi) is 4.45. The Balaban J connectivity index is 2.03. The van der Waals surface area contributed by atoms with E-state index >= 15 is 0 Å². The first-order valence-electron chi connectivity index (χ1n) is 7.94. The standard InChI is InChI=1S/C17H21N5OS/c1-10(2)21(5)16(23)11(3)24-17-19-14-9-7-6-8-13(14)15-18-12(4)20-22(15)17/h6-11H,1-5H3. The maximum Gasteiger partial charge on any atom is 0.235 e. The Morgan fingerprint density at radius 3 is 2.62 bits per heavy atom. The fourth-order valence-electron chi connectivity index (χ4n) is 2.46. The Hall–Kier alpha value is -2.15. The summed E-state index contributed by atoms with van der Waals surface area (Å²) in [6.07, 6.45) is 0. The molecule has 2 heterocycles. The van der Waals surface area contributed by atoms with Crippen LogP contribution in [-0.2, 0) is 4.79 Å². The summed E-state index contributed by atoms with van der Waals surface area (Å²) in [5, 5.41) is 5.84. The number of carbonyl (C=O) groups excluding carboxylic acids is 1. The first kappa shape index (κ1) is 16.7. The highest BCUT2D eigenvalue weighted by atomic mass is 32.2. The number of aromatic nitrogens is 4. The zero-order valence-electron chi connectivity index (χ0n) is 14.5. The number of fused-ring (bicyclic) bond motifs is 3. The molecule has 0 spiro atoms. The van der Waals surface area contributed by atoms with E-state index in [9.17, 15) is 4.79 Å². The second kappa shape index (κ2) is 6.39. The van der Waals surface area contributed by atoms with E-state index < -0.39 is 0 Å². The number of carbonyl (C=O) groups is 1. The third-order valence-corrected chi connectivity index (χ3v) is 5.04. The van der Waals surface area contributed by atoms with E-state index in [1.54, 1.807) is 9.42 Å². The molecule has 126 valence electrons. The molecule has 1 atom stereocenters. The van der Waals surface area contributed by atoms with Crippen LogP contribution in [0, 0.1) is 6.92 Å². The number of benzene rings is 1. The van der Waals surface area contributed by atoms with Gasteiger partial charge < -0.3 is 4.90 Å². The van der Waals surface area contributed by atoms with E-state index in [1.807, 2.05) is 59.0 Å². The van der Waals surface area contributed by atoms with E-state index in [1.165, 1.54) is 11.8 Å². The van der Waals surface area contributed by atoms with Crippen molar-refractivity contribution in [2.24, 2.45) is 0 Å². The minimum absolute atomic E-state index is 0.0787. The van der Waals surface area contributed by atoms with Gasteiger partial charge in [0.2, 0.25) is 5.91 Å². The molecule has 3 rings (SSSR count). The van der Waals surface area contributed by atoms with Crippen LogP contribution in [0.4, 0.5) is 0 Å². The van der Waals surface area contributed by atoms with Gasteiger partial charge in [0.1, 0.15) is 5.82 Å². The van der Waals surface area contributed by atoms with E-state index in [0.717, 1.165) is 16.6 Å². The van der Waals surface area contributed by atoms with Crippen LogP contribution >= 0.6 is 11.8 Å². The molecule has 0 aliphatic carbocycles. The summed E-state index contributed by atoms with van der Waals surface area (Å²) >= 11 is 1.41. The van der Waals surface area contributed by atoms with Crippen molar-refractivity contribution in [2.75, 3.05) is 7.05 Å². The van der Waals surface area contributed by atoms with Crippen LogP contribution in [0.2, 0.25) is 0 Å². The molecular weight excluding hydrogens is 322 g/mol. The van der Waals surface area contributed by atoms with Crippen molar-refractivity contribution in [3.8, 4) is 0 Å². The average molecular weight is 343 g/mol. The molecule has 3 aromatic rings. The van der Waals surface area contributed by atoms with Crippen molar-refractivity contribution in [1.29, 1.82) is 0 Å². The molecule has 0 N–H and O–H groups in total. The number of hydrogen-bond donors (Lipinski definition) is 0.